The minimum atomic E-state index is 0.151. The lowest BCUT2D eigenvalue weighted by Gasteiger charge is -2.33. The third kappa shape index (κ3) is 2.42. The SMILES string of the molecule is CCN1CCC(n2c(C3CCCO3)nc3cccnc32)CC1. The van der Waals surface area contributed by atoms with Crippen LogP contribution in [0.5, 0.6) is 0 Å². The Labute approximate surface area is 131 Å². The molecule has 0 saturated carbocycles. The van der Waals surface area contributed by atoms with Crippen molar-refractivity contribution in [3.8, 4) is 0 Å². The van der Waals surface area contributed by atoms with E-state index in [-0.39, 0.29) is 6.10 Å². The van der Waals surface area contributed by atoms with Gasteiger partial charge in [-0.05, 0) is 44.4 Å². The summed E-state index contributed by atoms with van der Waals surface area (Å²) in [5, 5.41) is 0. The predicted molar refractivity (Wildman–Crippen MR) is 85.8 cm³/mol. The minimum Gasteiger partial charge on any atom is -0.370 e. The molecule has 118 valence electrons. The molecule has 22 heavy (non-hydrogen) atoms. The molecule has 2 aromatic heterocycles. The molecule has 4 rings (SSSR count). The predicted octanol–water partition coefficient (Wildman–Crippen LogP) is 2.94. The van der Waals surface area contributed by atoms with E-state index in [1.807, 2.05) is 12.3 Å². The molecule has 0 amide bonds. The number of nitrogens with zero attached hydrogens (tertiary/aromatic N) is 4. The van der Waals surface area contributed by atoms with Gasteiger partial charge in [0.1, 0.15) is 17.4 Å². The van der Waals surface area contributed by atoms with Crippen LogP contribution in [0.3, 0.4) is 0 Å². The Hall–Kier alpha value is -1.46. The Morgan fingerprint density at radius 3 is 2.86 bits per heavy atom. The molecule has 0 aliphatic carbocycles. The molecule has 2 saturated heterocycles. The average molecular weight is 300 g/mol. The first-order valence-corrected chi connectivity index (χ1v) is 8.53. The lowest BCUT2D eigenvalue weighted by Crippen LogP contribution is -2.35. The Morgan fingerprint density at radius 1 is 1.27 bits per heavy atom. The maximum absolute atomic E-state index is 5.92. The van der Waals surface area contributed by atoms with Crippen molar-refractivity contribution in [3.63, 3.8) is 0 Å². The number of rotatable bonds is 3. The van der Waals surface area contributed by atoms with Crippen LogP contribution in [0.25, 0.3) is 11.2 Å². The van der Waals surface area contributed by atoms with Gasteiger partial charge in [0.25, 0.3) is 0 Å². The van der Waals surface area contributed by atoms with Crippen molar-refractivity contribution < 1.29 is 4.74 Å². The Morgan fingerprint density at radius 2 is 2.14 bits per heavy atom. The van der Waals surface area contributed by atoms with Crippen LogP contribution in [-0.2, 0) is 4.74 Å². The Balaban J connectivity index is 1.72. The summed E-state index contributed by atoms with van der Waals surface area (Å²) in [6, 6.07) is 4.54. The quantitative estimate of drug-likeness (QED) is 0.874. The molecule has 0 aromatic carbocycles. The standard InChI is InChI=1S/C17H24N4O/c1-2-20-10-7-13(8-11-20)21-16-14(5-3-9-18-16)19-17(21)15-6-4-12-22-15/h3,5,9,13,15H,2,4,6-8,10-12H2,1H3. The molecule has 0 bridgehead atoms. The number of pyridine rings is 1. The fraction of sp³-hybridized carbons (Fsp3) is 0.647. The maximum Gasteiger partial charge on any atom is 0.160 e. The van der Waals surface area contributed by atoms with Crippen molar-refractivity contribution in [2.45, 2.75) is 44.8 Å². The van der Waals surface area contributed by atoms with E-state index < -0.39 is 0 Å². The average Bonchev–Trinajstić information content (AvgIpc) is 3.22. The topological polar surface area (TPSA) is 43.2 Å². The molecular formula is C17H24N4O. The van der Waals surface area contributed by atoms with Gasteiger partial charge < -0.3 is 14.2 Å². The van der Waals surface area contributed by atoms with Gasteiger partial charge in [0.15, 0.2) is 5.65 Å². The monoisotopic (exact) mass is 300 g/mol. The fourth-order valence-corrected chi connectivity index (χ4v) is 3.81. The van der Waals surface area contributed by atoms with E-state index in [0.29, 0.717) is 6.04 Å². The molecule has 2 aromatic rings. The van der Waals surface area contributed by atoms with Gasteiger partial charge in [0, 0.05) is 31.9 Å². The van der Waals surface area contributed by atoms with Gasteiger partial charge in [-0.15, -0.1) is 0 Å². The summed E-state index contributed by atoms with van der Waals surface area (Å²) in [5.74, 6) is 1.10. The second kappa shape index (κ2) is 5.97. The molecule has 0 N–H and O–H groups in total. The van der Waals surface area contributed by atoms with Crippen LogP contribution in [-0.4, -0.2) is 45.7 Å². The molecule has 2 aliphatic rings. The Bertz CT molecular complexity index is 639. The summed E-state index contributed by atoms with van der Waals surface area (Å²) in [6.07, 6.45) is 6.59. The first kappa shape index (κ1) is 14.2. The van der Waals surface area contributed by atoms with Crippen molar-refractivity contribution in [2.24, 2.45) is 0 Å². The third-order valence-electron chi connectivity index (χ3n) is 5.06. The van der Waals surface area contributed by atoms with Crippen molar-refractivity contribution >= 4 is 11.2 Å². The highest BCUT2D eigenvalue weighted by Gasteiger charge is 2.29. The number of likely N-dealkylation sites (tertiary alicyclic amines) is 1. The molecule has 2 fully saturated rings. The van der Waals surface area contributed by atoms with Crippen LogP contribution in [0, 0.1) is 0 Å². The number of ether oxygens (including phenoxy) is 1. The van der Waals surface area contributed by atoms with E-state index in [2.05, 4.69) is 27.4 Å². The summed E-state index contributed by atoms with van der Waals surface area (Å²) in [5.41, 5.74) is 2.04. The summed E-state index contributed by atoms with van der Waals surface area (Å²) in [4.78, 5) is 12.0. The highest BCUT2D eigenvalue weighted by atomic mass is 16.5. The number of aromatic nitrogens is 3. The molecule has 5 nitrogen and oxygen atoms in total. The van der Waals surface area contributed by atoms with E-state index in [0.717, 1.165) is 43.0 Å². The summed E-state index contributed by atoms with van der Waals surface area (Å²) in [7, 11) is 0. The molecule has 5 heteroatoms. The normalized spacial score (nSPS) is 24.3. The second-order valence-corrected chi connectivity index (χ2v) is 6.35. The van der Waals surface area contributed by atoms with E-state index >= 15 is 0 Å². The van der Waals surface area contributed by atoms with Crippen LogP contribution in [0.15, 0.2) is 18.3 Å². The maximum atomic E-state index is 5.92. The molecule has 4 heterocycles. The minimum absolute atomic E-state index is 0.151. The van der Waals surface area contributed by atoms with Crippen LogP contribution >= 0.6 is 0 Å². The van der Waals surface area contributed by atoms with Gasteiger partial charge in [0.05, 0.1) is 0 Å². The molecular weight excluding hydrogens is 276 g/mol. The first-order valence-electron chi connectivity index (χ1n) is 8.53. The number of fused-ring (bicyclic) bond motifs is 1. The molecule has 1 unspecified atom stereocenters. The van der Waals surface area contributed by atoms with Crippen LogP contribution < -0.4 is 0 Å². The van der Waals surface area contributed by atoms with Crippen molar-refractivity contribution in [1.29, 1.82) is 0 Å². The highest BCUT2D eigenvalue weighted by Crippen LogP contribution is 2.35. The van der Waals surface area contributed by atoms with Gasteiger partial charge >= 0.3 is 0 Å². The second-order valence-electron chi connectivity index (χ2n) is 6.35. The van der Waals surface area contributed by atoms with Gasteiger partial charge in [-0.2, -0.15) is 0 Å². The molecule has 2 aliphatic heterocycles. The largest absolute Gasteiger partial charge is 0.370 e. The summed E-state index contributed by atoms with van der Waals surface area (Å²) in [6.45, 7) is 6.58. The smallest absolute Gasteiger partial charge is 0.160 e. The Kier molecular flexibility index (Phi) is 3.84. The van der Waals surface area contributed by atoms with Crippen LogP contribution in [0.4, 0.5) is 0 Å². The van der Waals surface area contributed by atoms with Crippen molar-refractivity contribution in [2.75, 3.05) is 26.2 Å². The first-order chi connectivity index (χ1) is 10.9. The molecule has 1 atom stereocenters. The van der Waals surface area contributed by atoms with Gasteiger partial charge in [0.2, 0.25) is 0 Å². The lowest BCUT2D eigenvalue weighted by atomic mass is 10.0. The van der Waals surface area contributed by atoms with E-state index in [1.54, 1.807) is 0 Å². The molecule has 0 radical (unpaired) electrons. The van der Waals surface area contributed by atoms with E-state index in [4.69, 9.17) is 9.72 Å². The zero-order valence-electron chi connectivity index (χ0n) is 13.2. The molecule has 0 spiro atoms. The van der Waals surface area contributed by atoms with Gasteiger partial charge in [-0.3, -0.25) is 0 Å². The zero-order valence-corrected chi connectivity index (χ0v) is 13.2. The van der Waals surface area contributed by atoms with Gasteiger partial charge in [-0.1, -0.05) is 6.92 Å². The van der Waals surface area contributed by atoms with Crippen LogP contribution in [0.1, 0.15) is 50.6 Å². The highest BCUT2D eigenvalue weighted by molar-refractivity contribution is 5.71. The van der Waals surface area contributed by atoms with Crippen LogP contribution in [0.2, 0.25) is 0 Å². The van der Waals surface area contributed by atoms with E-state index in [9.17, 15) is 0 Å². The number of hydrogen-bond acceptors (Lipinski definition) is 4. The van der Waals surface area contributed by atoms with Crippen molar-refractivity contribution in [1.82, 2.24) is 19.4 Å². The van der Waals surface area contributed by atoms with Gasteiger partial charge in [-0.25, -0.2) is 9.97 Å². The summed E-state index contributed by atoms with van der Waals surface area (Å²) >= 11 is 0. The lowest BCUT2D eigenvalue weighted by molar-refractivity contribution is 0.0975. The number of piperidine rings is 1. The van der Waals surface area contributed by atoms with E-state index in [1.165, 1.54) is 25.9 Å². The summed E-state index contributed by atoms with van der Waals surface area (Å²) < 4.78 is 8.31. The van der Waals surface area contributed by atoms with Crippen molar-refractivity contribution in [3.05, 3.63) is 24.2 Å². The third-order valence-corrected chi connectivity index (χ3v) is 5.06. The zero-order chi connectivity index (χ0) is 14.9. The number of imidazole rings is 1. The number of hydrogen-bond donors (Lipinski definition) is 0. The fourth-order valence-electron chi connectivity index (χ4n) is 3.81.